The molecule has 138 valence electrons. The van der Waals surface area contributed by atoms with Gasteiger partial charge in [-0.3, -0.25) is 9.78 Å². The van der Waals surface area contributed by atoms with Crippen molar-refractivity contribution < 1.29 is 9.53 Å². The third-order valence-corrected chi connectivity index (χ3v) is 4.25. The van der Waals surface area contributed by atoms with Crippen molar-refractivity contribution in [1.82, 2.24) is 9.97 Å². The highest BCUT2D eigenvalue weighted by Crippen LogP contribution is 2.24. The van der Waals surface area contributed by atoms with E-state index in [2.05, 4.69) is 20.6 Å². The van der Waals surface area contributed by atoms with E-state index in [1.54, 1.807) is 49.8 Å². The predicted octanol–water partition coefficient (Wildman–Crippen LogP) is 4.63. The van der Waals surface area contributed by atoms with E-state index in [0.717, 1.165) is 22.3 Å². The highest BCUT2D eigenvalue weighted by Gasteiger charge is 2.08. The number of anilines is 3. The Morgan fingerprint density at radius 2 is 1.82 bits per heavy atom. The molecular weight excluding hydrogens is 352 g/mol. The molecule has 0 atom stereocenters. The van der Waals surface area contributed by atoms with Crippen molar-refractivity contribution in [2.24, 2.45) is 0 Å². The van der Waals surface area contributed by atoms with Gasteiger partial charge in [0.15, 0.2) is 0 Å². The number of methoxy groups -OCH3 is 1. The molecule has 2 aromatic carbocycles. The molecule has 2 aromatic heterocycles. The Labute approximate surface area is 162 Å². The highest BCUT2D eigenvalue weighted by atomic mass is 16.5. The molecule has 4 rings (SSSR count). The number of carbonyl (C=O) groups is 1. The van der Waals surface area contributed by atoms with Crippen molar-refractivity contribution in [3.05, 3.63) is 84.7 Å². The molecule has 2 heterocycles. The Kier molecular flexibility index (Phi) is 4.84. The summed E-state index contributed by atoms with van der Waals surface area (Å²) in [5, 5.41) is 7.16. The van der Waals surface area contributed by atoms with Gasteiger partial charge < -0.3 is 15.4 Å². The van der Waals surface area contributed by atoms with Gasteiger partial charge in [0.25, 0.3) is 5.91 Å². The average molecular weight is 370 g/mol. The lowest BCUT2D eigenvalue weighted by Gasteiger charge is -2.10. The monoisotopic (exact) mass is 370 g/mol. The number of benzene rings is 2. The van der Waals surface area contributed by atoms with E-state index in [-0.39, 0.29) is 5.91 Å². The van der Waals surface area contributed by atoms with Crippen LogP contribution in [0.5, 0.6) is 5.75 Å². The Morgan fingerprint density at radius 3 is 2.64 bits per heavy atom. The summed E-state index contributed by atoms with van der Waals surface area (Å²) in [6, 6.07) is 20.5. The SMILES string of the molecule is COc1cccc(C(=O)Nc2ccc(Nc3cccc4cccnc34)cn2)c1. The number of carbonyl (C=O) groups excluding carboxylic acids is 1. The maximum absolute atomic E-state index is 12.4. The molecule has 0 radical (unpaired) electrons. The van der Waals surface area contributed by atoms with Gasteiger partial charge in [-0.15, -0.1) is 0 Å². The van der Waals surface area contributed by atoms with Crippen molar-refractivity contribution in [2.75, 3.05) is 17.7 Å². The van der Waals surface area contributed by atoms with Gasteiger partial charge in [0.2, 0.25) is 0 Å². The summed E-state index contributed by atoms with van der Waals surface area (Å²) in [7, 11) is 1.57. The number of nitrogens with one attached hydrogen (secondary N) is 2. The standard InChI is InChI=1S/C22H18N4O2/c1-28-18-8-2-6-16(13-18)22(27)26-20-11-10-17(14-24-20)25-19-9-3-5-15-7-4-12-23-21(15)19/h2-14,25H,1H3,(H,24,26,27). The molecule has 0 aliphatic rings. The molecule has 4 aromatic rings. The van der Waals surface area contributed by atoms with Crippen LogP contribution in [0.1, 0.15) is 10.4 Å². The lowest BCUT2D eigenvalue weighted by atomic mass is 10.2. The number of nitrogens with zero attached hydrogens (tertiary/aromatic N) is 2. The molecule has 0 aliphatic heterocycles. The third kappa shape index (κ3) is 3.76. The maximum atomic E-state index is 12.4. The molecule has 6 nitrogen and oxygen atoms in total. The zero-order chi connectivity index (χ0) is 19.3. The number of ether oxygens (including phenoxy) is 1. The van der Waals surface area contributed by atoms with Gasteiger partial charge in [-0.2, -0.15) is 0 Å². The molecule has 0 saturated heterocycles. The second-order valence-corrected chi connectivity index (χ2v) is 6.12. The van der Waals surface area contributed by atoms with Crippen LogP contribution in [0, 0.1) is 0 Å². The first-order chi connectivity index (χ1) is 13.7. The molecule has 6 heteroatoms. The van der Waals surface area contributed by atoms with Crippen LogP contribution in [-0.2, 0) is 0 Å². The number of amides is 1. The molecule has 0 fully saturated rings. The van der Waals surface area contributed by atoms with Crippen molar-refractivity contribution in [1.29, 1.82) is 0 Å². The van der Waals surface area contributed by atoms with Gasteiger partial charge in [-0.25, -0.2) is 4.98 Å². The molecule has 0 unspecified atom stereocenters. The van der Waals surface area contributed by atoms with Gasteiger partial charge in [0.1, 0.15) is 11.6 Å². The fraction of sp³-hybridized carbons (Fsp3) is 0.0455. The number of para-hydroxylation sites is 1. The summed E-state index contributed by atoms with van der Waals surface area (Å²) >= 11 is 0. The zero-order valence-electron chi connectivity index (χ0n) is 15.2. The molecule has 28 heavy (non-hydrogen) atoms. The summed E-state index contributed by atoms with van der Waals surface area (Å²) in [6.45, 7) is 0. The summed E-state index contributed by atoms with van der Waals surface area (Å²) in [6.07, 6.45) is 3.44. The van der Waals surface area contributed by atoms with Gasteiger partial charge in [-0.05, 0) is 42.5 Å². The van der Waals surface area contributed by atoms with Gasteiger partial charge >= 0.3 is 0 Å². The Balaban J connectivity index is 1.48. The van der Waals surface area contributed by atoms with E-state index in [1.165, 1.54) is 0 Å². The fourth-order valence-corrected chi connectivity index (χ4v) is 2.86. The molecule has 0 saturated carbocycles. The summed E-state index contributed by atoms with van der Waals surface area (Å²) in [5.74, 6) is 0.851. The van der Waals surface area contributed by atoms with Crippen molar-refractivity contribution in [3.63, 3.8) is 0 Å². The second kappa shape index (κ2) is 7.75. The lowest BCUT2D eigenvalue weighted by Crippen LogP contribution is -2.13. The van der Waals surface area contributed by atoms with E-state index in [1.807, 2.05) is 36.4 Å². The van der Waals surface area contributed by atoms with E-state index in [9.17, 15) is 4.79 Å². The number of hydrogen-bond donors (Lipinski definition) is 2. The van der Waals surface area contributed by atoms with Crippen molar-refractivity contribution >= 4 is 34.0 Å². The Hall–Kier alpha value is -3.93. The molecule has 2 N–H and O–H groups in total. The average Bonchev–Trinajstić information content (AvgIpc) is 2.75. The maximum Gasteiger partial charge on any atom is 0.256 e. The van der Waals surface area contributed by atoms with Crippen LogP contribution in [0.3, 0.4) is 0 Å². The minimum Gasteiger partial charge on any atom is -0.497 e. The Bertz CT molecular complexity index is 1120. The summed E-state index contributed by atoms with van der Waals surface area (Å²) in [4.78, 5) is 21.1. The minimum atomic E-state index is -0.245. The van der Waals surface area contributed by atoms with Crippen molar-refractivity contribution in [2.45, 2.75) is 0 Å². The first-order valence-electron chi connectivity index (χ1n) is 8.75. The van der Waals surface area contributed by atoms with Crippen molar-refractivity contribution in [3.8, 4) is 5.75 Å². The smallest absolute Gasteiger partial charge is 0.256 e. The van der Waals surface area contributed by atoms with Crippen LogP contribution in [-0.4, -0.2) is 23.0 Å². The Morgan fingerprint density at radius 1 is 0.964 bits per heavy atom. The first kappa shape index (κ1) is 17.5. The zero-order valence-corrected chi connectivity index (χ0v) is 15.2. The number of rotatable bonds is 5. The number of pyridine rings is 2. The van der Waals surface area contributed by atoms with Crippen LogP contribution >= 0.6 is 0 Å². The van der Waals surface area contributed by atoms with Gasteiger partial charge in [0.05, 0.1) is 30.2 Å². The topological polar surface area (TPSA) is 76.1 Å². The van der Waals surface area contributed by atoms with E-state index in [4.69, 9.17) is 4.74 Å². The summed E-state index contributed by atoms with van der Waals surface area (Å²) in [5.41, 5.74) is 3.09. The van der Waals surface area contributed by atoms with E-state index < -0.39 is 0 Å². The molecule has 1 amide bonds. The quantitative estimate of drug-likeness (QED) is 0.535. The normalized spacial score (nSPS) is 10.5. The van der Waals surface area contributed by atoms with E-state index >= 15 is 0 Å². The minimum absolute atomic E-state index is 0.245. The predicted molar refractivity (Wildman–Crippen MR) is 110 cm³/mol. The first-order valence-corrected chi connectivity index (χ1v) is 8.75. The molecule has 0 aliphatic carbocycles. The summed E-state index contributed by atoms with van der Waals surface area (Å²) < 4.78 is 5.15. The van der Waals surface area contributed by atoms with Gasteiger partial charge in [0, 0.05) is 17.1 Å². The molecular formula is C22H18N4O2. The fourth-order valence-electron chi connectivity index (χ4n) is 2.86. The van der Waals surface area contributed by atoms with Crippen LogP contribution in [0.15, 0.2) is 79.1 Å². The second-order valence-electron chi connectivity index (χ2n) is 6.12. The molecule has 0 spiro atoms. The number of aromatic nitrogens is 2. The van der Waals surface area contributed by atoms with Crippen LogP contribution < -0.4 is 15.4 Å². The van der Waals surface area contributed by atoms with Crippen LogP contribution in [0.2, 0.25) is 0 Å². The lowest BCUT2D eigenvalue weighted by molar-refractivity contribution is 0.102. The van der Waals surface area contributed by atoms with E-state index in [0.29, 0.717) is 17.1 Å². The number of fused-ring (bicyclic) bond motifs is 1. The third-order valence-electron chi connectivity index (χ3n) is 4.25. The van der Waals surface area contributed by atoms with Crippen LogP contribution in [0.25, 0.3) is 10.9 Å². The largest absolute Gasteiger partial charge is 0.497 e. The molecule has 0 bridgehead atoms. The van der Waals surface area contributed by atoms with Crippen LogP contribution in [0.4, 0.5) is 17.2 Å². The van der Waals surface area contributed by atoms with Gasteiger partial charge in [-0.1, -0.05) is 24.3 Å². The number of hydrogen-bond acceptors (Lipinski definition) is 5. The highest BCUT2D eigenvalue weighted by molar-refractivity contribution is 6.04.